The molecule has 1 rings (SSSR count). The lowest BCUT2D eigenvalue weighted by Crippen LogP contribution is -2.49. The molecule has 0 saturated carbocycles. The summed E-state index contributed by atoms with van der Waals surface area (Å²) < 4.78 is 0. The van der Waals surface area contributed by atoms with E-state index in [2.05, 4.69) is 42.9 Å². The second-order valence-electron chi connectivity index (χ2n) is 5.70. The molecule has 1 unspecified atom stereocenters. The Bertz CT molecular complexity index is 203. The molecule has 1 aliphatic rings. The molecular weight excluding hydrogens is 198 g/mol. The van der Waals surface area contributed by atoms with Crippen LogP contribution in [-0.2, 0) is 0 Å². The van der Waals surface area contributed by atoms with Crippen molar-refractivity contribution in [3.8, 4) is 0 Å². The lowest BCUT2D eigenvalue weighted by molar-refractivity contribution is 0.115. The summed E-state index contributed by atoms with van der Waals surface area (Å²) in [6, 6.07) is 0.651. The van der Waals surface area contributed by atoms with E-state index in [0.29, 0.717) is 11.6 Å². The Morgan fingerprint density at radius 2 is 2.06 bits per heavy atom. The molecule has 1 aliphatic heterocycles. The molecule has 0 radical (unpaired) electrons. The molecule has 0 aliphatic carbocycles. The molecule has 1 saturated heterocycles. The fraction of sp³-hybridized carbons (Fsp3) is 1.00. The Morgan fingerprint density at radius 1 is 1.38 bits per heavy atom. The lowest BCUT2D eigenvalue weighted by atomic mass is 9.98. The lowest BCUT2D eigenvalue weighted by Gasteiger charge is -2.38. The van der Waals surface area contributed by atoms with Gasteiger partial charge in [-0.15, -0.1) is 0 Å². The molecule has 3 nitrogen and oxygen atoms in total. The predicted molar refractivity (Wildman–Crippen MR) is 70.9 cm³/mol. The molecule has 16 heavy (non-hydrogen) atoms. The van der Waals surface area contributed by atoms with Crippen LogP contribution in [-0.4, -0.2) is 61.7 Å². The van der Waals surface area contributed by atoms with Gasteiger partial charge in [0, 0.05) is 24.7 Å². The first-order valence-electron chi connectivity index (χ1n) is 6.61. The summed E-state index contributed by atoms with van der Waals surface area (Å²) in [5.74, 6) is 0. The van der Waals surface area contributed by atoms with Crippen LogP contribution < -0.4 is 5.32 Å². The van der Waals surface area contributed by atoms with Gasteiger partial charge in [-0.3, -0.25) is 4.90 Å². The molecule has 0 bridgehead atoms. The van der Waals surface area contributed by atoms with Gasteiger partial charge in [0.2, 0.25) is 0 Å². The summed E-state index contributed by atoms with van der Waals surface area (Å²) in [6.07, 6.45) is 2.52. The molecule has 0 aromatic carbocycles. The van der Waals surface area contributed by atoms with Crippen LogP contribution in [0.2, 0.25) is 0 Å². The van der Waals surface area contributed by atoms with Crippen LogP contribution in [0.25, 0.3) is 0 Å². The van der Waals surface area contributed by atoms with Crippen molar-refractivity contribution in [2.75, 3.05) is 40.3 Å². The smallest absolute Gasteiger partial charge is 0.0344 e. The molecule has 0 aromatic rings. The zero-order chi connectivity index (χ0) is 12.2. The third-order valence-corrected chi connectivity index (χ3v) is 3.92. The molecular formula is C13H29N3. The average Bonchev–Trinajstić information content (AvgIpc) is 2.32. The summed E-state index contributed by atoms with van der Waals surface area (Å²) in [7, 11) is 4.31. The Balaban J connectivity index is 2.71. The van der Waals surface area contributed by atoms with E-state index in [-0.39, 0.29) is 0 Å². The molecule has 0 amide bonds. The van der Waals surface area contributed by atoms with Crippen LogP contribution in [0.4, 0.5) is 0 Å². The van der Waals surface area contributed by atoms with E-state index in [4.69, 9.17) is 0 Å². The monoisotopic (exact) mass is 227 g/mol. The molecule has 3 heteroatoms. The van der Waals surface area contributed by atoms with Gasteiger partial charge in [0.1, 0.15) is 0 Å². The second kappa shape index (κ2) is 5.99. The van der Waals surface area contributed by atoms with Crippen molar-refractivity contribution in [1.82, 2.24) is 15.1 Å². The number of nitrogens with one attached hydrogen (secondary N) is 1. The maximum Gasteiger partial charge on any atom is 0.0344 e. The fourth-order valence-corrected chi connectivity index (χ4v) is 2.55. The van der Waals surface area contributed by atoms with Gasteiger partial charge < -0.3 is 10.2 Å². The van der Waals surface area contributed by atoms with E-state index in [1.54, 1.807) is 0 Å². The molecule has 1 fully saturated rings. The molecule has 96 valence electrons. The highest BCUT2D eigenvalue weighted by Crippen LogP contribution is 2.24. The van der Waals surface area contributed by atoms with Crippen LogP contribution in [0.1, 0.15) is 33.6 Å². The minimum absolute atomic E-state index is 0.354. The first-order chi connectivity index (χ1) is 7.51. The third-order valence-electron chi connectivity index (χ3n) is 3.92. The van der Waals surface area contributed by atoms with E-state index in [1.807, 2.05) is 7.05 Å². The van der Waals surface area contributed by atoms with Crippen LogP contribution in [0.3, 0.4) is 0 Å². The number of likely N-dealkylation sites (N-methyl/N-ethyl adjacent to an activating group) is 2. The van der Waals surface area contributed by atoms with Crippen molar-refractivity contribution >= 4 is 0 Å². The Labute approximate surface area is 101 Å². The SMILES string of the molecule is CCCN1CC(CNC)N(C)CCC1(C)C. The highest BCUT2D eigenvalue weighted by molar-refractivity contribution is 4.90. The maximum atomic E-state index is 3.32. The Kier molecular flexibility index (Phi) is 5.22. The van der Waals surface area contributed by atoms with Gasteiger partial charge >= 0.3 is 0 Å². The van der Waals surface area contributed by atoms with E-state index in [1.165, 1.54) is 32.5 Å². The minimum atomic E-state index is 0.354. The number of rotatable bonds is 4. The first-order valence-corrected chi connectivity index (χ1v) is 6.61. The van der Waals surface area contributed by atoms with E-state index in [9.17, 15) is 0 Å². The standard InChI is InChI=1S/C13H29N3/c1-6-8-16-11-12(10-14-4)15(5)9-7-13(16,2)3/h12,14H,6-11H2,1-5H3. The maximum absolute atomic E-state index is 3.32. The first kappa shape index (κ1) is 13.9. The van der Waals surface area contributed by atoms with Crippen molar-refractivity contribution < 1.29 is 0 Å². The minimum Gasteiger partial charge on any atom is -0.318 e. The number of hydrogen-bond acceptors (Lipinski definition) is 3. The Morgan fingerprint density at radius 3 is 2.62 bits per heavy atom. The summed E-state index contributed by atoms with van der Waals surface area (Å²) in [6.45, 7) is 11.8. The van der Waals surface area contributed by atoms with Crippen LogP contribution in [0, 0.1) is 0 Å². The van der Waals surface area contributed by atoms with Crippen LogP contribution >= 0.6 is 0 Å². The summed E-state index contributed by atoms with van der Waals surface area (Å²) in [5.41, 5.74) is 0.354. The zero-order valence-corrected chi connectivity index (χ0v) is 11.7. The molecule has 1 heterocycles. The van der Waals surface area contributed by atoms with Gasteiger partial charge in [-0.2, -0.15) is 0 Å². The molecule has 1 atom stereocenters. The average molecular weight is 227 g/mol. The predicted octanol–water partition coefficient (Wildman–Crippen LogP) is 1.40. The van der Waals surface area contributed by atoms with Crippen molar-refractivity contribution in [1.29, 1.82) is 0 Å². The van der Waals surface area contributed by atoms with Gasteiger partial charge in [0.15, 0.2) is 0 Å². The van der Waals surface area contributed by atoms with Gasteiger partial charge in [0.05, 0.1) is 0 Å². The molecule has 0 spiro atoms. The summed E-state index contributed by atoms with van der Waals surface area (Å²) >= 11 is 0. The highest BCUT2D eigenvalue weighted by atomic mass is 15.3. The van der Waals surface area contributed by atoms with Crippen molar-refractivity contribution in [2.24, 2.45) is 0 Å². The summed E-state index contributed by atoms with van der Waals surface area (Å²) in [4.78, 5) is 5.17. The van der Waals surface area contributed by atoms with Crippen LogP contribution in [0.15, 0.2) is 0 Å². The van der Waals surface area contributed by atoms with Gasteiger partial charge in [-0.05, 0) is 53.9 Å². The van der Waals surface area contributed by atoms with E-state index >= 15 is 0 Å². The van der Waals surface area contributed by atoms with E-state index in [0.717, 1.165) is 6.54 Å². The quantitative estimate of drug-likeness (QED) is 0.783. The van der Waals surface area contributed by atoms with Crippen molar-refractivity contribution in [3.05, 3.63) is 0 Å². The Hall–Kier alpha value is -0.120. The van der Waals surface area contributed by atoms with Crippen molar-refractivity contribution in [2.45, 2.75) is 45.2 Å². The number of hydrogen-bond donors (Lipinski definition) is 1. The zero-order valence-electron chi connectivity index (χ0n) is 11.7. The van der Waals surface area contributed by atoms with Crippen molar-refractivity contribution in [3.63, 3.8) is 0 Å². The third kappa shape index (κ3) is 3.44. The van der Waals surface area contributed by atoms with Crippen LogP contribution in [0.5, 0.6) is 0 Å². The second-order valence-corrected chi connectivity index (χ2v) is 5.70. The highest BCUT2D eigenvalue weighted by Gasteiger charge is 2.32. The number of nitrogens with zero attached hydrogens (tertiary/aromatic N) is 2. The normalized spacial score (nSPS) is 27.9. The van der Waals surface area contributed by atoms with Gasteiger partial charge in [-0.1, -0.05) is 6.92 Å². The van der Waals surface area contributed by atoms with Gasteiger partial charge in [0.25, 0.3) is 0 Å². The topological polar surface area (TPSA) is 18.5 Å². The van der Waals surface area contributed by atoms with Gasteiger partial charge in [-0.25, -0.2) is 0 Å². The fourth-order valence-electron chi connectivity index (χ4n) is 2.55. The molecule has 0 aromatic heterocycles. The largest absolute Gasteiger partial charge is 0.318 e. The summed E-state index contributed by atoms with van der Waals surface area (Å²) in [5, 5.41) is 3.32. The van der Waals surface area contributed by atoms with E-state index < -0.39 is 0 Å². The molecule has 1 N–H and O–H groups in total.